The zero-order chi connectivity index (χ0) is 9.54. The fourth-order valence-electron chi connectivity index (χ4n) is 1.75. The summed E-state index contributed by atoms with van der Waals surface area (Å²) in [6.07, 6.45) is 1.67. The first-order valence-corrected chi connectivity index (χ1v) is 4.74. The molecular weight excluding hydrogens is 196 g/mol. The van der Waals surface area contributed by atoms with Crippen molar-refractivity contribution in [1.82, 2.24) is 0 Å². The van der Waals surface area contributed by atoms with E-state index in [0.717, 1.165) is 22.1 Å². The molecule has 0 amide bonds. The molecule has 0 bridgehead atoms. The Morgan fingerprint density at radius 3 is 3.00 bits per heavy atom. The van der Waals surface area contributed by atoms with E-state index in [9.17, 15) is 0 Å². The lowest BCUT2D eigenvalue weighted by atomic mass is 10.1. The Balaban J connectivity index is 2.56. The summed E-state index contributed by atoms with van der Waals surface area (Å²) in [7, 11) is 0. The molecule has 1 aliphatic rings. The van der Waals surface area contributed by atoms with Crippen LogP contribution >= 0.6 is 11.6 Å². The van der Waals surface area contributed by atoms with E-state index in [1.807, 2.05) is 24.3 Å². The van der Waals surface area contributed by atoms with E-state index in [4.69, 9.17) is 11.6 Å². The van der Waals surface area contributed by atoms with Gasteiger partial charge in [0.05, 0.1) is 17.0 Å². The van der Waals surface area contributed by atoms with Gasteiger partial charge in [0.1, 0.15) is 0 Å². The van der Waals surface area contributed by atoms with Crippen molar-refractivity contribution >= 4 is 40.1 Å². The van der Waals surface area contributed by atoms with Crippen LogP contribution in [0.1, 0.15) is 0 Å². The Morgan fingerprint density at radius 1 is 1.14 bits per heavy atom. The maximum atomic E-state index is 6.07. The topological polar surface area (TPSA) is 24.4 Å². The fraction of sp³-hybridized carbons (Fsp3) is 0. The van der Waals surface area contributed by atoms with Gasteiger partial charge in [0.15, 0.2) is 0 Å². The summed E-state index contributed by atoms with van der Waals surface area (Å²) >= 11 is 6.07. The highest BCUT2D eigenvalue weighted by Crippen LogP contribution is 2.39. The zero-order valence-electron chi connectivity index (χ0n) is 7.29. The maximum absolute atomic E-state index is 6.07. The predicted molar refractivity (Wildman–Crippen MR) is 60.7 cm³/mol. The molecule has 2 aromatic rings. The summed E-state index contributed by atoms with van der Waals surface area (Å²) < 4.78 is 0. The molecule has 0 unspecified atom stereocenters. The van der Waals surface area contributed by atoms with Crippen LogP contribution in [0.2, 0.25) is 5.02 Å². The molecule has 3 heteroatoms. The molecule has 0 saturated carbocycles. The van der Waals surface area contributed by atoms with E-state index in [2.05, 4.69) is 16.4 Å². The average molecular weight is 203 g/mol. The van der Waals surface area contributed by atoms with Crippen LogP contribution in [0, 0.1) is 0 Å². The van der Waals surface area contributed by atoms with Gasteiger partial charge in [0.2, 0.25) is 0 Å². The quantitative estimate of drug-likeness (QED) is 0.694. The number of hydrogen-bond acceptors (Lipinski definition) is 2. The highest BCUT2D eigenvalue weighted by atomic mass is 35.5. The van der Waals surface area contributed by atoms with Crippen molar-refractivity contribution in [2.45, 2.75) is 0 Å². The smallest absolute Gasteiger partial charge is 0.0932 e. The van der Waals surface area contributed by atoms with Gasteiger partial charge in [-0.3, -0.25) is 0 Å². The van der Waals surface area contributed by atoms with Gasteiger partial charge in [0.25, 0.3) is 0 Å². The van der Waals surface area contributed by atoms with Crippen LogP contribution in [0.3, 0.4) is 0 Å². The third-order valence-electron chi connectivity index (χ3n) is 2.38. The molecule has 2 aromatic carbocycles. The molecule has 2 nitrogen and oxygen atoms in total. The lowest BCUT2D eigenvalue weighted by Gasteiger charge is -2.13. The Bertz CT molecular complexity index is 546. The summed E-state index contributed by atoms with van der Waals surface area (Å²) in [6, 6.07) is 9.98. The number of benzene rings is 2. The number of anilines is 1. The average Bonchev–Trinajstić information content (AvgIpc) is 2.24. The second-order valence-corrected chi connectivity index (χ2v) is 3.61. The fourth-order valence-corrected chi connectivity index (χ4v) is 1.95. The van der Waals surface area contributed by atoms with Crippen molar-refractivity contribution < 1.29 is 0 Å². The third kappa shape index (κ3) is 0.946. The normalized spacial score (nSPS) is 12.9. The van der Waals surface area contributed by atoms with E-state index >= 15 is 0 Å². The van der Waals surface area contributed by atoms with E-state index in [0.29, 0.717) is 5.02 Å². The van der Waals surface area contributed by atoms with Crippen LogP contribution in [0.5, 0.6) is 0 Å². The number of nitrogens with zero attached hydrogens (tertiary/aromatic N) is 1. The highest BCUT2D eigenvalue weighted by molar-refractivity contribution is 6.35. The second-order valence-electron chi connectivity index (χ2n) is 3.20. The number of hydrogen-bond donors (Lipinski definition) is 1. The van der Waals surface area contributed by atoms with Crippen LogP contribution in [-0.4, -0.2) is 6.34 Å². The van der Waals surface area contributed by atoms with Gasteiger partial charge in [-0.25, -0.2) is 4.99 Å². The lowest BCUT2D eigenvalue weighted by molar-refractivity contribution is 1.53. The zero-order valence-corrected chi connectivity index (χ0v) is 8.05. The Morgan fingerprint density at radius 2 is 2.07 bits per heavy atom. The molecule has 1 heterocycles. The van der Waals surface area contributed by atoms with Gasteiger partial charge >= 0.3 is 0 Å². The van der Waals surface area contributed by atoms with E-state index < -0.39 is 0 Å². The Labute approximate surface area is 86.2 Å². The van der Waals surface area contributed by atoms with Crippen molar-refractivity contribution in [2.75, 3.05) is 5.32 Å². The Kier molecular flexibility index (Phi) is 1.52. The molecule has 1 N–H and O–H groups in total. The molecule has 0 atom stereocenters. The SMILES string of the molecule is Clc1ccc2cccc3c2c1N=CN3. The molecule has 0 spiro atoms. The Hall–Kier alpha value is -1.54. The van der Waals surface area contributed by atoms with Gasteiger partial charge in [-0.05, 0) is 17.5 Å². The highest BCUT2D eigenvalue weighted by Gasteiger charge is 2.11. The summed E-state index contributed by atoms with van der Waals surface area (Å²) in [5.74, 6) is 0. The van der Waals surface area contributed by atoms with Crippen LogP contribution < -0.4 is 5.32 Å². The summed E-state index contributed by atoms with van der Waals surface area (Å²) in [6.45, 7) is 0. The lowest BCUT2D eigenvalue weighted by Crippen LogP contribution is -1.99. The van der Waals surface area contributed by atoms with Gasteiger partial charge in [-0.2, -0.15) is 0 Å². The molecule has 0 radical (unpaired) electrons. The molecule has 0 saturated heterocycles. The minimum Gasteiger partial charge on any atom is -0.346 e. The first-order chi connectivity index (χ1) is 6.86. The van der Waals surface area contributed by atoms with Crippen LogP contribution in [-0.2, 0) is 0 Å². The number of nitrogens with one attached hydrogen (secondary N) is 1. The monoisotopic (exact) mass is 202 g/mol. The van der Waals surface area contributed by atoms with Crippen molar-refractivity contribution in [1.29, 1.82) is 0 Å². The third-order valence-corrected chi connectivity index (χ3v) is 2.69. The minimum atomic E-state index is 0.697. The van der Waals surface area contributed by atoms with Crippen LogP contribution in [0.4, 0.5) is 11.4 Å². The molecule has 0 fully saturated rings. The summed E-state index contributed by atoms with van der Waals surface area (Å²) in [5, 5.41) is 6.06. The summed E-state index contributed by atoms with van der Waals surface area (Å²) in [5.41, 5.74) is 1.92. The number of rotatable bonds is 0. The largest absolute Gasteiger partial charge is 0.346 e. The van der Waals surface area contributed by atoms with Crippen molar-refractivity contribution in [3.63, 3.8) is 0 Å². The van der Waals surface area contributed by atoms with Crippen LogP contribution in [0.15, 0.2) is 35.3 Å². The van der Waals surface area contributed by atoms with Crippen molar-refractivity contribution in [2.24, 2.45) is 4.99 Å². The molecular formula is C11H7ClN2. The van der Waals surface area contributed by atoms with E-state index in [1.165, 1.54) is 0 Å². The molecule has 68 valence electrons. The molecule has 0 aromatic heterocycles. The molecule has 14 heavy (non-hydrogen) atoms. The van der Waals surface area contributed by atoms with Gasteiger partial charge in [-0.1, -0.05) is 29.8 Å². The van der Waals surface area contributed by atoms with Gasteiger partial charge in [-0.15, -0.1) is 0 Å². The number of halogens is 1. The minimum absolute atomic E-state index is 0.697. The first-order valence-electron chi connectivity index (χ1n) is 4.36. The first kappa shape index (κ1) is 7.83. The van der Waals surface area contributed by atoms with E-state index in [1.54, 1.807) is 6.34 Å². The van der Waals surface area contributed by atoms with Gasteiger partial charge in [0, 0.05) is 11.1 Å². The predicted octanol–water partition coefficient (Wildman–Crippen LogP) is 3.58. The molecule has 0 aliphatic carbocycles. The summed E-state index contributed by atoms with van der Waals surface area (Å²) in [4.78, 5) is 4.24. The van der Waals surface area contributed by atoms with Gasteiger partial charge < -0.3 is 5.32 Å². The van der Waals surface area contributed by atoms with Crippen molar-refractivity contribution in [3.05, 3.63) is 35.4 Å². The van der Waals surface area contributed by atoms with E-state index in [-0.39, 0.29) is 0 Å². The van der Waals surface area contributed by atoms with Crippen LogP contribution in [0.25, 0.3) is 10.8 Å². The molecule has 3 rings (SSSR count). The molecule has 1 aliphatic heterocycles. The maximum Gasteiger partial charge on any atom is 0.0932 e. The number of aliphatic imine (C=N–C) groups is 1. The van der Waals surface area contributed by atoms with Crippen molar-refractivity contribution in [3.8, 4) is 0 Å². The second kappa shape index (κ2) is 2.72. The standard InChI is InChI=1S/C11H7ClN2/c12-8-5-4-7-2-1-3-9-10(7)11(8)14-6-13-9/h1-6H,(H,13,14).